The molecule has 0 aromatic heterocycles. The maximum Gasteiger partial charge on any atom is 0.322 e. The first-order valence-electron chi connectivity index (χ1n) is 6.44. The second-order valence-electron chi connectivity index (χ2n) is 5.40. The molecule has 1 atom stereocenters. The quantitative estimate of drug-likeness (QED) is 0.745. The van der Waals surface area contributed by atoms with E-state index in [1.54, 1.807) is 13.8 Å². The predicted octanol–water partition coefficient (Wildman–Crippen LogP) is 0.619. The van der Waals surface area contributed by atoms with Crippen molar-refractivity contribution >= 4 is 25.8 Å². The molecule has 1 rings (SSSR count). The number of hydrogen-bond acceptors (Lipinski definition) is 5. The van der Waals surface area contributed by atoms with Crippen LogP contribution in [0.2, 0.25) is 0 Å². The van der Waals surface area contributed by atoms with E-state index in [1.807, 2.05) is 0 Å². The van der Waals surface area contributed by atoms with Crippen LogP contribution < -0.4 is 4.72 Å². The first-order valence-corrected chi connectivity index (χ1v) is 9.98. The number of aliphatic carboxylic acids is 1. The fraction of sp³-hybridized carbons (Fsp3) is 0.462. The third-order valence-corrected chi connectivity index (χ3v) is 5.19. The number of sulfonamides is 1. The van der Waals surface area contributed by atoms with Crippen LogP contribution in [0.25, 0.3) is 0 Å². The molecule has 0 fully saturated rings. The van der Waals surface area contributed by atoms with Gasteiger partial charge in [0, 0.05) is 6.26 Å². The van der Waals surface area contributed by atoms with E-state index in [-0.39, 0.29) is 10.6 Å². The Bertz CT molecular complexity index is 735. The van der Waals surface area contributed by atoms with E-state index < -0.39 is 37.8 Å². The molecule has 124 valence electrons. The van der Waals surface area contributed by atoms with E-state index in [9.17, 15) is 21.6 Å². The second-order valence-corrected chi connectivity index (χ2v) is 9.25. The van der Waals surface area contributed by atoms with Crippen LogP contribution in [-0.2, 0) is 30.4 Å². The third-order valence-electron chi connectivity index (χ3n) is 2.88. The van der Waals surface area contributed by atoms with E-state index in [4.69, 9.17) is 5.11 Å². The number of sulfone groups is 1. The third kappa shape index (κ3) is 5.39. The highest BCUT2D eigenvalue weighted by atomic mass is 32.2. The molecule has 0 amide bonds. The predicted molar refractivity (Wildman–Crippen MR) is 81.6 cm³/mol. The highest BCUT2D eigenvalue weighted by molar-refractivity contribution is 7.90. The largest absolute Gasteiger partial charge is 0.480 e. The van der Waals surface area contributed by atoms with E-state index in [1.165, 1.54) is 24.3 Å². The van der Waals surface area contributed by atoms with Gasteiger partial charge in [0.15, 0.2) is 9.84 Å². The van der Waals surface area contributed by atoms with Crippen LogP contribution in [0.15, 0.2) is 29.2 Å². The molecule has 0 aliphatic carbocycles. The average molecular weight is 349 g/mol. The van der Waals surface area contributed by atoms with Crippen molar-refractivity contribution in [3.63, 3.8) is 0 Å². The topological polar surface area (TPSA) is 118 Å². The van der Waals surface area contributed by atoms with Crippen molar-refractivity contribution in [2.24, 2.45) is 5.92 Å². The first-order chi connectivity index (χ1) is 9.92. The first kappa shape index (κ1) is 18.6. The lowest BCUT2D eigenvalue weighted by molar-refractivity contribution is -0.140. The van der Waals surface area contributed by atoms with Crippen LogP contribution in [-0.4, -0.2) is 40.2 Å². The lowest BCUT2D eigenvalue weighted by Gasteiger charge is -2.18. The van der Waals surface area contributed by atoms with Crippen molar-refractivity contribution < 1.29 is 26.7 Å². The number of carboxylic acids is 1. The second kappa shape index (κ2) is 6.76. The Balaban J connectivity index is 3.01. The SMILES string of the molecule is CC(C)[C@@H](NS(=O)(=O)c1ccc(CS(C)(=O)=O)cc1)C(=O)O. The lowest BCUT2D eigenvalue weighted by Crippen LogP contribution is -2.44. The van der Waals surface area contributed by atoms with Gasteiger partial charge in [-0.3, -0.25) is 4.79 Å². The summed E-state index contributed by atoms with van der Waals surface area (Å²) in [6, 6.07) is 4.05. The van der Waals surface area contributed by atoms with Gasteiger partial charge in [-0.15, -0.1) is 0 Å². The summed E-state index contributed by atoms with van der Waals surface area (Å²) in [6.45, 7) is 3.19. The molecule has 22 heavy (non-hydrogen) atoms. The average Bonchev–Trinajstić information content (AvgIpc) is 2.34. The van der Waals surface area contributed by atoms with Crippen LogP contribution in [0.3, 0.4) is 0 Å². The lowest BCUT2D eigenvalue weighted by atomic mass is 10.1. The molecule has 0 unspecified atom stereocenters. The minimum absolute atomic E-state index is 0.114. The summed E-state index contributed by atoms with van der Waals surface area (Å²) >= 11 is 0. The van der Waals surface area contributed by atoms with E-state index in [0.717, 1.165) is 6.26 Å². The number of nitrogens with one attached hydrogen (secondary N) is 1. The van der Waals surface area contributed by atoms with E-state index in [2.05, 4.69) is 4.72 Å². The van der Waals surface area contributed by atoms with Gasteiger partial charge in [0.1, 0.15) is 6.04 Å². The van der Waals surface area contributed by atoms with Crippen molar-refractivity contribution in [2.45, 2.75) is 30.5 Å². The zero-order valence-electron chi connectivity index (χ0n) is 12.5. The van der Waals surface area contributed by atoms with Gasteiger partial charge in [0.25, 0.3) is 0 Å². The van der Waals surface area contributed by atoms with Crippen LogP contribution in [0.4, 0.5) is 0 Å². The summed E-state index contributed by atoms with van der Waals surface area (Å²) < 4.78 is 48.8. The maximum atomic E-state index is 12.2. The molecule has 0 saturated carbocycles. The molecule has 0 radical (unpaired) electrons. The van der Waals surface area contributed by atoms with Crippen molar-refractivity contribution in [3.8, 4) is 0 Å². The monoisotopic (exact) mass is 349 g/mol. The van der Waals surface area contributed by atoms with Gasteiger partial charge in [-0.2, -0.15) is 4.72 Å². The fourth-order valence-electron chi connectivity index (χ4n) is 1.77. The Morgan fingerprint density at radius 1 is 1.14 bits per heavy atom. The molecule has 1 aromatic rings. The van der Waals surface area contributed by atoms with Gasteiger partial charge >= 0.3 is 5.97 Å². The van der Waals surface area contributed by atoms with Gasteiger partial charge in [-0.05, 0) is 23.6 Å². The Morgan fingerprint density at radius 2 is 1.64 bits per heavy atom. The summed E-state index contributed by atoms with van der Waals surface area (Å²) in [5, 5.41) is 9.03. The van der Waals surface area contributed by atoms with Crippen molar-refractivity contribution in [1.29, 1.82) is 0 Å². The molecule has 0 aliphatic rings. The summed E-state index contributed by atoms with van der Waals surface area (Å²) in [5.74, 6) is -1.87. The Kier molecular flexibility index (Phi) is 5.71. The summed E-state index contributed by atoms with van der Waals surface area (Å²) in [5.41, 5.74) is 0.458. The zero-order chi connectivity index (χ0) is 17.1. The van der Waals surface area contributed by atoms with Crippen LogP contribution in [0.5, 0.6) is 0 Å². The molecule has 0 spiro atoms. The van der Waals surface area contributed by atoms with Crippen molar-refractivity contribution in [3.05, 3.63) is 29.8 Å². The van der Waals surface area contributed by atoms with Crippen LogP contribution in [0.1, 0.15) is 19.4 Å². The number of rotatable bonds is 7. The van der Waals surface area contributed by atoms with Crippen molar-refractivity contribution in [1.82, 2.24) is 4.72 Å². The highest BCUT2D eigenvalue weighted by Gasteiger charge is 2.27. The number of carbonyl (C=O) groups is 1. The Morgan fingerprint density at radius 3 is 2.00 bits per heavy atom. The van der Waals surface area contributed by atoms with Crippen molar-refractivity contribution in [2.75, 3.05) is 6.26 Å². The minimum Gasteiger partial charge on any atom is -0.480 e. The molecule has 0 saturated heterocycles. The molecule has 0 heterocycles. The Labute approximate surface area is 130 Å². The number of benzene rings is 1. The normalized spacial score (nSPS) is 14.0. The standard InChI is InChI=1S/C13H19NO6S2/c1-9(2)12(13(15)16)14-22(19,20)11-6-4-10(5-7-11)8-21(3,17)18/h4-7,9,12,14H,8H2,1-3H3,(H,15,16)/t12-/m1/s1. The molecule has 0 aliphatic heterocycles. The van der Waals surface area contributed by atoms with E-state index >= 15 is 0 Å². The van der Waals surface area contributed by atoms with Gasteiger partial charge in [-0.25, -0.2) is 16.8 Å². The van der Waals surface area contributed by atoms with Crippen LogP contribution >= 0.6 is 0 Å². The molecule has 2 N–H and O–H groups in total. The number of hydrogen-bond donors (Lipinski definition) is 2. The molecular formula is C13H19NO6S2. The minimum atomic E-state index is -3.99. The van der Waals surface area contributed by atoms with Gasteiger partial charge in [-0.1, -0.05) is 26.0 Å². The number of carboxylic acid groups (broad SMARTS) is 1. The Hall–Kier alpha value is -1.45. The smallest absolute Gasteiger partial charge is 0.322 e. The van der Waals surface area contributed by atoms with Gasteiger partial charge in [0.2, 0.25) is 10.0 Å². The van der Waals surface area contributed by atoms with Gasteiger partial charge < -0.3 is 5.11 Å². The molecule has 1 aromatic carbocycles. The summed E-state index contributed by atoms with van der Waals surface area (Å²) in [4.78, 5) is 11.0. The fourth-order valence-corrected chi connectivity index (χ4v) is 3.91. The molecule has 7 nitrogen and oxygen atoms in total. The van der Waals surface area contributed by atoms with E-state index in [0.29, 0.717) is 5.56 Å². The van der Waals surface area contributed by atoms with Crippen LogP contribution in [0, 0.1) is 5.92 Å². The molecule has 0 bridgehead atoms. The molecule has 9 heteroatoms. The summed E-state index contributed by atoms with van der Waals surface area (Å²) in [7, 11) is -7.20. The highest BCUT2D eigenvalue weighted by Crippen LogP contribution is 2.14. The maximum absolute atomic E-state index is 12.2. The molecular weight excluding hydrogens is 330 g/mol. The zero-order valence-corrected chi connectivity index (χ0v) is 14.1. The van der Waals surface area contributed by atoms with Gasteiger partial charge in [0.05, 0.1) is 10.6 Å². The summed E-state index contributed by atoms with van der Waals surface area (Å²) in [6.07, 6.45) is 1.08.